The minimum atomic E-state index is -0.257. The average Bonchev–Trinajstić information content (AvgIpc) is 2.85. The predicted octanol–water partition coefficient (Wildman–Crippen LogP) is 3.84. The molecule has 3 heteroatoms. The van der Waals surface area contributed by atoms with E-state index in [0.29, 0.717) is 5.41 Å². The molecule has 1 aromatic rings. The van der Waals surface area contributed by atoms with Crippen molar-refractivity contribution in [3.05, 3.63) is 29.8 Å². The molecule has 0 saturated heterocycles. The second kappa shape index (κ2) is 5.79. The zero-order chi connectivity index (χ0) is 13.0. The number of aromatic nitrogens is 1. The topological polar surface area (TPSA) is 24.9 Å². The van der Waals surface area contributed by atoms with Gasteiger partial charge in [0.15, 0.2) is 0 Å². The molecule has 1 atom stereocenters. The lowest BCUT2D eigenvalue weighted by Gasteiger charge is -2.29. The van der Waals surface area contributed by atoms with E-state index >= 15 is 0 Å². The minimum Gasteiger partial charge on any atom is -0.310 e. The van der Waals surface area contributed by atoms with E-state index < -0.39 is 0 Å². The van der Waals surface area contributed by atoms with Crippen LogP contribution in [-0.4, -0.2) is 11.5 Å². The Labute approximate surface area is 109 Å². The lowest BCUT2D eigenvalue weighted by Crippen LogP contribution is -2.33. The van der Waals surface area contributed by atoms with Crippen molar-refractivity contribution in [1.82, 2.24) is 10.3 Å². The molecule has 1 unspecified atom stereocenters. The summed E-state index contributed by atoms with van der Waals surface area (Å²) in [6.07, 6.45) is 9.58. The van der Waals surface area contributed by atoms with Gasteiger partial charge in [-0.1, -0.05) is 19.8 Å². The Hall–Kier alpha value is -0.960. The van der Waals surface area contributed by atoms with E-state index in [2.05, 4.69) is 24.1 Å². The Kier molecular flexibility index (Phi) is 4.33. The predicted molar refractivity (Wildman–Crippen MR) is 71.8 cm³/mol. The van der Waals surface area contributed by atoms with Crippen molar-refractivity contribution in [3.63, 3.8) is 0 Å². The normalized spacial score (nSPS) is 19.9. The Balaban J connectivity index is 1.93. The van der Waals surface area contributed by atoms with Crippen LogP contribution in [0, 0.1) is 11.2 Å². The van der Waals surface area contributed by atoms with Crippen LogP contribution in [0.1, 0.15) is 57.6 Å². The first-order chi connectivity index (χ1) is 8.65. The van der Waals surface area contributed by atoms with Crippen molar-refractivity contribution >= 4 is 0 Å². The first-order valence-corrected chi connectivity index (χ1v) is 6.99. The van der Waals surface area contributed by atoms with E-state index in [9.17, 15) is 4.39 Å². The van der Waals surface area contributed by atoms with Crippen LogP contribution in [0.3, 0.4) is 0 Å². The fourth-order valence-corrected chi connectivity index (χ4v) is 2.93. The molecule has 0 amide bonds. The quantitative estimate of drug-likeness (QED) is 0.858. The molecule has 0 radical (unpaired) electrons. The maximum Gasteiger partial charge on any atom is 0.141 e. The van der Waals surface area contributed by atoms with Gasteiger partial charge in [0.1, 0.15) is 5.82 Å². The second-order valence-corrected chi connectivity index (χ2v) is 5.60. The number of pyridine rings is 1. The van der Waals surface area contributed by atoms with Crippen molar-refractivity contribution in [3.8, 4) is 0 Å². The van der Waals surface area contributed by atoms with Gasteiger partial charge in [0.2, 0.25) is 0 Å². The van der Waals surface area contributed by atoms with Crippen molar-refractivity contribution < 1.29 is 4.39 Å². The number of hydrogen-bond donors (Lipinski definition) is 1. The fraction of sp³-hybridized carbons (Fsp3) is 0.667. The highest BCUT2D eigenvalue weighted by Gasteiger charge is 2.31. The summed E-state index contributed by atoms with van der Waals surface area (Å²) in [6, 6.07) is 1.73. The highest BCUT2D eigenvalue weighted by atomic mass is 19.1. The van der Waals surface area contributed by atoms with Crippen LogP contribution < -0.4 is 5.32 Å². The number of nitrogens with one attached hydrogen (secondary N) is 1. The van der Waals surface area contributed by atoms with Crippen LogP contribution in [0.15, 0.2) is 18.5 Å². The molecular formula is C15H23FN2. The zero-order valence-electron chi connectivity index (χ0n) is 11.4. The molecule has 0 aliphatic heterocycles. The maximum absolute atomic E-state index is 13.1. The fourth-order valence-electron chi connectivity index (χ4n) is 2.93. The van der Waals surface area contributed by atoms with Crippen molar-refractivity contribution in [1.29, 1.82) is 0 Å². The third-order valence-electron chi connectivity index (χ3n) is 4.42. The summed E-state index contributed by atoms with van der Waals surface area (Å²) in [7, 11) is 0. The molecule has 1 aliphatic carbocycles. The molecule has 18 heavy (non-hydrogen) atoms. The van der Waals surface area contributed by atoms with Crippen LogP contribution >= 0.6 is 0 Å². The van der Waals surface area contributed by atoms with E-state index in [-0.39, 0.29) is 11.9 Å². The first kappa shape index (κ1) is 13.5. The van der Waals surface area contributed by atoms with Crippen LogP contribution in [0.2, 0.25) is 0 Å². The summed E-state index contributed by atoms with van der Waals surface area (Å²) in [6.45, 7) is 5.39. The SMILES string of the molecule is CCC1(CNC(C)c2cncc(F)c2)CCCC1. The summed E-state index contributed by atoms with van der Waals surface area (Å²) in [5.74, 6) is -0.257. The molecule has 0 bridgehead atoms. The van der Waals surface area contributed by atoms with E-state index in [0.717, 1.165) is 12.1 Å². The summed E-state index contributed by atoms with van der Waals surface area (Å²) >= 11 is 0. The standard InChI is InChI=1S/C15H23FN2/c1-3-15(6-4-5-7-15)11-18-12(2)13-8-14(16)10-17-9-13/h8-10,12,18H,3-7,11H2,1-2H3. The van der Waals surface area contributed by atoms with Gasteiger partial charge in [-0.15, -0.1) is 0 Å². The number of rotatable bonds is 5. The van der Waals surface area contributed by atoms with Crippen molar-refractivity contribution in [2.75, 3.05) is 6.54 Å². The van der Waals surface area contributed by atoms with Crippen molar-refractivity contribution in [2.24, 2.45) is 5.41 Å². The molecule has 2 nitrogen and oxygen atoms in total. The smallest absolute Gasteiger partial charge is 0.141 e. The third-order valence-corrected chi connectivity index (χ3v) is 4.42. The molecule has 1 fully saturated rings. The third kappa shape index (κ3) is 3.08. The van der Waals surface area contributed by atoms with Gasteiger partial charge in [-0.2, -0.15) is 0 Å². The molecular weight excluding hydrogens is 227 g/mol. The molecule has 1 heterocycles. The lowest BCUT2D eigenvalue weighted by molar-refractivity contribution is 0.258. The van der Waals surface area contributed by atoms with Gasteiger partial charge in [-0.05, 0) is 43.2 Å². The number of halogens is 1. The Morgan fingerprint density at radius 2 is 2.11 bits per heavy atom. The van der Waals surface area contributed by atoms with Crippen LogP contribution in [0.4, 0.5) is 4.39 Å². The largest absolute Gasteiger partial charge is 0.310 e. The van der Waals surface area contributed by atoms with Crippen LogP contribution in [0.25, 0.3) is 0 Å². The molecule has 1 aromatic heterocycles. The molecule has 1 N–H and O–H groups in total. The van der Waals surface area contributed by atoms with Gasteiger partial charge in [-0.3, -0.25) is 4.98 Å². The van der Waals surface area contributed by atoms with Gasteiger partial charge >= 0.3 is 0 Å². The minimum absolute atomic E-state index is 0.164. The summed E-state index contributed by atoms with van der Waals surface area (Å²) in [4.78, 5) is 3.91. The molecule has 0 spiro atoms. The van der Waals surface area contributed by atoms with Crippen LogP contribution in [-0.2, 0) is 0 Å². The molecule has 0 aromatic carbocycles. The first-order valence-electron chi connectivity index (χ1n) is 6.99. The van der Waals surface area contributed by atoms with Gasteiger partial charge < -0.3 is 5.32 Å². The Bertz CT molecular complexity index is 386. The van der Waals surface area contributed by atoms with Crippen molar-refractivity contribution in [2.45, 2.75) is 52.0 Å². The zero-order valence-corrected chi connectivity index (χ0v) is 11.4. The number of nitrogens with zero attached hydrogens (tertiary/aromatic N) is 1. The van der Waals surface area contributed by atoms with Crippen LogP contribution in [0.5, 0.6) is 0 Å². The second-order valence-electron chi connectivity index (χ2n) is 5.60. The molecule has 2 rings (SSSR count). The lowest BCUT2D eigenvalue weighted by atomic mass is 9.83. The van der Waals surface area contributed by atoms with E-state index in [1.165, 1.54) is 38.3 Å². The van der Waals surface area contributed by atoms with Gasteiger partial charge in [0.25, 0.3) is 0 Å². The highest BCUT2D eigenvalue weighted by molar-refractivity contribution is 5.14. The highest BCUT2D eigenvalue weighted by Crippen LogP contribution is 2.40. The molecule has 1 aliphatic rings. The molecule has 100 valence electrons. The Morgan fingerprint density at radius 3 is 2.72 bits per heavy atom. The number of hydrogen-bond acceptors (Lipinski definition) is 2. The summed E-state index contributed by atoms with van der Waals surface area (Å²) in [5, 5.41) is 3.55. The van der Waals surface area contributed by atoms with Gasteiger partial charge in [0, 0.05) is 18.8 Å². The average molecular weight is 250 g/mol. The van der Waals surface area contributed by atoms with E-state index in [4.69, 9.17) is 0 Å². The monoisotopic (exact) mass is 250 g/mol. The van der Waals surface area contributed by atoms with E-state index in [1.54, 1.807) is 12.3 Å². The Morgan fingerprint density at radius 1 is 1.39 bits per heavy atom. The van der Waals surface area contributed by atoms with E-state index in [1.807, 2.05) is 0 Å². The van der Waals surface area contributed by atoms with Gasteiger partial charge in [-0.25, -0.2) is 4.39 Å². The summed E-state index contributed by atoms with van der Waals surface area (Å²) < 4.78 is 13.1. The van der Waals surface area contributed by atoms with Gasteiger partial charge in [0.05, 0.1) is 6.20 Å². The summed E-state index contributed by atoms with van der Waals surface area (Å²) in [5.41, 5.74) is 1.40. The maximum atomic E-state index is 13.1. The molecule has 1 saturated carbocycles.